The van der Waals surface area contributed by atoms with Crippen LogP contribution < -0.4 is 4.74 Å². The van der Waals surface area contributed by atoms with Crippen LogP contribution in [0.25, 0.3) is 0 Å². The van der Waals surface area contributed by atoms with Gasteiger partial charge in [-0.3, -0.25) is 4.79 Å². The molecule has 0 saturated carbocycles. The number of allylic oxidation sites excluding steroid dienone is 1. The molecule has 1 rings (SSSR count). The van der Waals surface area contributed by atoms with Gasteiger partial charge in [-0.25, -0.2) is 0 Å². The second-order valence-corrected chi connectivity index (χ2v) is 3.41. The molecule has 0 aliphatic heterocycles. The SMILES string of the molecule is C=C=CC(=O)c1cc(OC)ccc1Br. The number of rotatable bonds is 3. The monoisotopic (exact) mass is 252 g/mol. The van der Waals surface area contributed by atoms with E-state index in [9.17, 15) is 4.79 Å². The van der Waals surface area contributed by atoms with Crippen molar-refractivity contribution in [3.63, 3.8) is 0 Å². The number of hydrogen-bond donors (Lipinski definition) is 0. The predicted octanol–water partition coefficient (Wildman–Crippen LogP) is 2.98. The van der Waals surface area contributed by atoms with Crippen LogP contribution in [0.15, 0.2) is 41.1 Å². The van der Waals surface area contributed by atoms with Crippen LogP contribution in [0.5, 0.6) is 5.75 Å². The summed E-state index contributed by atoms with van der Waals surface area (Å²) in [6, 6.07) is 5.21. The zero-order valence-electron chi connectivity index (χ0n) is 7.71. The average Bonchev–Trinajstić information content (AvgIpc) is 2.19. The van der Waals surface area contributed by atoms with E-state index < -0.39 is 0 Å². The van der Waals surface area contributed by atoms with E-state index in [1.807, 2.05) is 0 Å². The van der Waals surface area contributed by atoms with Crippen LogP contribution >= 0.6 is 15.9 Å². The van der Waals surface area contributed by atoms with Gasteiger partial charge in [-0.2, -0.15) is 0 Å². The van der Waals surface area contributed by atoms with Gasteiger partial charge in [-0.1, -0.05) is 22.5 Å². The lowest BCUT2D eigenvalue weighted by molar-refractivity contribution is 0.104. The van der Waals surface area contributed by atoms with Crippen LogP contribution in [0.4, 0.5) is 0 Å². The second-order valence-electron chi connectivity index (χ2n) is 2.56. The highest BCUT2D eigenvalue weighted by atomic mass is 79.9. The Labute approximate surface area is 91.0 Å². The molecular weight excluding hydrogens is 244 g/mol. The lowest BCUT2D eigenvalue weighted by atomic mass is 10.1. The summed E-state index contributed by atoms with van der Waals surface area (Å²) in [5.41, 5.74) is 2.99. The van der Waals surface area contributed by atoms with Crippen LogP contribution in [0.1, 0.15) is 10.4 Å². The molecular formula is C11H9BrO2. The topological polar surface area (TPSA) is 26.3 Å². The van der Waals surface area contributed by atoms with Crippen molar-refractivity contribution in [1.82, 2.24) is 0 Å². The van der Waals surface area contributed by atoms with Crippen molar-refractivity contribution in [2.75, 3.05) is 7.11 Å². The van der Waals surface area contributed by atoms with E-state index >= 15 is 0 Å². The van der Waals surface area contributed by atoms with Crippen molar-refractivity contribution in [1.29, 1.82) is 0 Å². The number of carbonyl (C=O) groups is 1. The lowest BCUT2D eigenvalue weighted by Gasteiger charge is -2.03. The van der Waals surface area contributed by atoms with Gasteiger partial charge in [0.1, 0.15) is 5.75 Å². The molecule has 0 amide bonds. The van der Waals surface area contributed by atoms with Crippen LogP contribution in [0.3, 0.4) is 0 Å². The largest absolute Gasteiger partial charge is 0.497 e. The summed E-state index contributed by atoms with van der Waals surface area (Å²) in [6.45, 7) is 3.35. The van der Waals surface area contributed by atoms with E-state index in [-0.39, 0.29) is 5.78 Å². The van der Waals surface area contributed by atoms with Crippen molar-refractivity contribution in [3.8, 4) is 5.75 Å². The molecule has 0 fully saturated rings. The highest BCUT2D eigenvalue weighted by molar-refractivity contribution is 9.10. The molecule has 3 heteroatoms. The molecule has 1 aromatic carbocycles. The van der Waals surface area contributed by atoms with E-state index in [4.69, 9.17) is 4.74 Å². The van der Waals surface area contributed by atoms with Gasteiger partial charge in [0, 0.05) is 16.1 Å². The standard InChI is InChI=1S/C11H9BrO2/c1-3-4-11(13)9-7-8(14-2)5-6-10(9)12/h4-7H,1H2,2H3. The van der Waals surface area contributed by atoms with Gasteiger partial charge >= 0.3 is 0 Å². The summed E-state index contributed by atoms with van der Waals surface area (Å²) in [7, 11) is 1.56. The molecule has 1 aromatic rings. The fourth-order valence-electron chi connectivity index (χ4n) is 0.991. The van der Waals surface area contributed by atoms with Crippen molar-refractivity contribution < 1.29 is 9.53 Å². The Morgan fingerprint density at radius 2 is 2.36 bits per heavy atom. The molecule has 14 heavy (non-hydrogen) atoms. The van der Waals surface area contributed by atoms with E-state index in [2.05, 4.69) is 28.2 Å². The molecule has 0 unspecified atom stereocenters. The van der Waals surface area contributed by atoms with Gasteiger partial charge in [0.2, 0.25) is 0 Å². The third-order valence-electron chi connectivity index (χ3n) is 1.67. The Bertz CT molecular complexity index is 404. The number of halogens is 1. The van der Waals surface area contributed by atoms with E-state index in [1.165, 1.54) is 6.08 Å². The fourth-order valence-corrected chi connectivity index (χ4v) is 1.43. The summed E-state index contributed by atoms with van der Waals surface area (Å²) < 4.78 is 5.75. The smallest absolute Gasteiger partial charge is 0.194 e. The van der Waals surface area contributed by atoms with Gasteiger partial charge in [-0.15, -0.1) is 5.73 Å². The Morgan fingerprint density at radius 1 is 1.64 bits per heavy atom. The maximum Gasteiger partial charge on any atom is 0.194 e. The number of hydrogen-bond acceptors (Lipinski definition) is 2. The molecule has 0 spiro atoms. The summed E-state index contributed by atoms with van der Waals surface area (Å²) in [5, 5.41) is 0. The normalized spacial score (nSPS) is 9.00. The number of methoxy groups -OCH3 is 1. The Balaban J connectivity index is 3.18. The molecule has 0 bridgehead atoms. The Morgan fingerprint density at radius 3 is 2.93 bits per heavy atom. The van der Waals surface area contributed by atoms with Crippen molar-refractivity contribution >= 4 is 21.7 Å². The highest BCUT2D eigenvalue weighted by Crippen LogP contribution is 2.22. The molecule has 0 aliphatic carbocycles. The Hall–Kier alpha value is -1.31. The fraction of sp³-hybridized carbons (Fsp3) is 0.0909. The van der Waals surface area contributed by atoms with E-state index in [0.717, 1.165) is 4.47 Å². The summed E-state index contributed by atoms with van der Waals surface area (Å²) >= 11 is 3.29. The van der Waals surface area contributed by atoms with Gasteiger partial charge in [0.15, 0.2) is 5.78 Å². The van der Waals surface area contributed by atoms with E-state index in [1.54, 1.807) is 25.3 Å². The van der Waals surface area contributed by atoms with E-state index in [0.29, 0.717) is 11.3 Å². The summed E-state index contributed by atoms with van der Waals surface area (Å²) in [6.07, 6.45) is 1.29. The summed E-state index contributed by atoms with van der Waals surface area (Å²) in [5.74, 6) is 0.500. The van der Waals surface area contributed by atoms with Crippen molar-refractivity contribution in [2.45, 2.75) is 0 Å². The van der Waals surface area contributed by atoms with Gasteiger partial charge in [0.05, 0.1) is 7.11 Å². The first kappa shape index (κ1) is 10.8. The minimum Gasteiger partial charge on any atom is -0.497 e. The zero-order chi connectivity index (χ0) is 10.6. The summed E-state index contributed by atoms with van der Waals surface area (Å²) in [4.78, 5) is 11.5. The zero-order valence-corrected chi connectivity index (χ0v) is 9.30. The number of benzene rings is 1. The molecule has 72 valence electrons. The third-order valence-corrected chi connectivity index (χ3v) is 2.36. The number of ketones is 1. The first-order chi connectivity index (χ1) is 6.69. The Kier molecular flexibility index (Phi) is 3.69. The minimum absolute atomic E-state index is 0.147. The van der Waals surface area contributed by atoms with Gasteiger partial charge in [0.25, 0.3) is 0 Å². The van der Waals surface area contributed by atoms with Crippen molar-refractivity contribution in [3.05, 3.63) is 46.6 Å². The first-order valence-corrected chi connectivity index (χ1v) is 4.72. The maximum atomic E-state index is 11.5. The van der Waals surface area contributed by atoms with Crippen LogP contribution in [0, 0.1) is 0 Å². The van der Waals surface area contributed by atoms with Gasteiger partial charge < -0.3 is 4.74 Å². The molecule has 0 atom stereocenters. The van der Waals surface area contributed by atoms with Crippen molar-refractivity contribution in [2.24, 2.45) is 0 Å². The quantitative estimate of drug-likeness (QED) is 0.470. The molecule has 0 aromatic heterocycles. The first-order valence-electron chi connectivity index (χ1n) is 3.92. The van der Waals surface area contributed by atoms with Crippen LogP contribution in [0.2, 0.25) is 0 Å². The predicted molar refractivity (Wildman–Crippen MR) is 58.7 cm³/mol. The molecule has 0 N–H and O–H groups in total. The lowest BCUT2D eigenvalue weighted by Crippen LogP contribution is -1.96. The highest BCUT2D eigenvalue weighted by Gasteiger charge is 2.07. The number of carbonyl (C=O) groups excluding carboxylic acids is 1. The molecule has 0 radical (unpaired) electrons. The van der Waals surface area contributed by atoms with Crippen LogP contribution in [-0.2, 0) is 0 Å². The van der Waals surface area contributed by atoms with Gasteiger partial charge in [-0.05, 0) is 18.2 Å². The molecule has 0 saturated heterocycles. The second kappa shape index (κ2) is 4.80. The number of ether oxygens (including phenoxy) is 1. The third kappa shape index (κ3) is 2.34. The molecule has 2 nitrogen and oxygen atoms in total. The minimum atomic E-state index is -0.147. The molecule has 0 aliphatic rings. The maximum absolute atomic E-state index is 11.5. The van der Waals surface area contributed by atoms with Crippen LogP contribution in [-0.4, -0.2) is 12.9 Å². The molecule has 0 heterocycles. The average molecular weight is 253 g/mol.